The van der Waals surface area contributed by atoms with Crippen molar-refractivity contribution < 1.29 is 4.68 Å². The van der Waals surface area contributed by atoms with E-state index >= 15 is 0 Å². The van der Waals surface area contributed by atoms with Gasteiger partial charge in [-0.1, -0.05) is 41.9 Å². The van der Waals surface area contributed by atoms with Gasteiger partial charge in [0.25, 0.3) is 0 Å². The van der Waals surface area contributed by atoms with Gasteiger partial charge >= 0.3 is 5.82 Å². The molecule has 0 atom stereocenters. The van der Waals surface area contributed by atoms with E-state index in [2.05, 4.69) is 22.4 Å². The van der Waals surface area contributed by atoms with Crippen molar-refractivity contribution in [3.05, 3.63) is 71.9 Å². The molecule has 0 fully saturated rings. The monoisotopic (exact) mass is 338 g/mol. The van der Waals surface area contributed by atoms with Crippen LogP contribution in [0.1, 0.15) is 0 Å². The van der Waals surface area contributed by atoms with Crippen LogP contribution >= 0.6 is 11.6 Å². The number of nitrogens with one attached hydrogen (secondary N) is 4. The Labute approximate surface area is 145 Å². The predicted octanol–water partition coefficient (Wildman–Crippen LogP) is 4.23. The summed E-state index contributed by atoms with van der Waals surface area (Å²) in [5.41, 5.74) is 5.68. The van der Waals surface area contributed by atoms with Gasteiger partial charge < -0.3 is 5.32 Å². The van der Waals surface area contributed by atoms with Crippen LogP contribution in [0.25, 0.3) is 11.1 Å². The molecule has 0 bridgehead atoms. The molecule has 4 N–H and O–H groups in total. The highest BCUT2D eigenvalue weighted by atomic mass is 35.5. The Kier molecular flexibility index (Phi) is 4.63. The lowest BCUT2D eigenvalue weighted by molar-refractivity contribution is -0.481. The van der Waals surface area contributed by atoms with Crippen molar-refractivity contribution in [2.75, 3.05) is 5.32 Å². The van der Waals surface area contributed by atoms with Gasteiger partial charge in [0.15, 0.2) is 0 Å². The molecule has 0 saturated carbocycles. The zero-order valence-electron chi connectivity index (χ0n) is 12.9. The number of hydrogen-bond donors (Lipinski definition) is 4. The molecule has 0 aliphatic carbocycles. The molecular formula is C18H17ClN5+. The maximum Gasteiger partial charge on any atom is 0.310 e. The Morgan fingerprint density at radius 1 is 1.04 bits per heavy atom. The highest BCUT2D eigenvalue weighted by Gasteiger charge is 2.16. The SMILES string of the molecule is C=[N+](NC(=N)Nc1ccccc1)c1[nH]ccc1-c1ccc(Cl)cc1. The summed E-state index contributed by atoms with van der Waals surface area (Å²) in [5.74, 6) is 0.866. The number of H-pyrrole nitrogens is 1. The molecule has 0 spiro atoms. The lowest BCUT2D eigenvalue weighted by Gasteiger charge is -2.10. The first-order valence-electron chi connectivity index (χ1n) is 7.35. The second-order valence-corrected chi connectivity index (χ2v) is 5.59. The number of benzene rings is 2. The fourth-order valence-corrected chi connectivity index (χ4v) is 2.46. The standard InChI is InChI=1S/C18H17ClN5/c1-24(23-18(20)22-15-5-3-2-4-6-15)17-16(11-12-21-17)13-7-9-14(19)10-8-13/h2-12,21H,1H2,(H3,20,22,23)/q+1. The van der Waals surface area contributed by atoms with Gasteiger partial charge in [-0.05, 0) is 35.9 Å². The van der Waals surface area contributed by atoms with Crippen molar-refractivity contribution >= 4 is 35.8 Å². The van der Waals surface area contributed by atoms with Crippen LogP contribution in [0, 0.1) is 5.41 Å². The first-order chi connectivity index (χ1) is 11.6. The lowest BCUT2D eigenvalue weighted by Crippen LogP contribution is -2.35. The third-order valence-corrected chi connectivity index (χ3v) is 3.69. The second-order valence-electron chi connectivity index (χ2n) is 5.15. The summed E-state index contributed by atoms with van der Waals surface area (Å²) < 4.78 is 1.52. The summed E-state index contributed by atoms with van der Waals surface area (Å²) in [7, 11) is 0. The molecule has 3 aromatic rings. The van der Waals surface area contributed by atoms with Gasteiger partial charge in [-0.2, -0.15) is 5.43 Å². The number of hydrazone groups is 1. The number of rotatable bonds is 4. The minimum atomic E-state index is 0.118. The zero-order chi connectivity index (χ0) is 16.9. The smallest absolute Gasteiger partial charge is 0.310 e. The van der Waals surface area contributed by atoms with E-state index in [0.29, 0.717) is 5.02 Å². The summed E-state index contributed by atoms with van der Waals surface area (Å²) in [6, 6.07) is 19.0. The van der Waals surface area contributed by atoms with Gasteiger partial charge in [-0.3, -0.25) is 5.41 Å². The van der Waals surface area contributed by atoms with Crippen LogP contribution in [-0.2, 0) is 0 Å². The Hall–Kier alpha value is -3.05. The number of guanidine groups is 1. The Balaban J connectivity index is 1.73. The molecule has 6 heteroatoms. The van der Waals surface area contributed by atoms with Gasteiger partial charge in [-0.15, -0.1) is 4.68 Å². The van der Waals surface area contributed by atoms with Gasteiger partial charge in [0.05, 0.1) is 18.5 Å². The summed E-state index contributed by atoms with van der Waals surface area (Å²) in [5, 5.41) is 11.7. The Morgan fingerprint density at radius 3 is 2.46 bits per heavy atom. The molecule has 0 radical (unpaired) electrons. The van der Waals surface area contributed by atoms with E-state index in [0.717, 1.165) is 22.6 Å². The summed E-state index contributed by atoms with van der Waals surface area (Å²) in [6.45, 7) is 3.95. The number of aromatic nitrogens is 1. The quantitative estimate of drug-likeness (QED) is 0.249. The van der Waals surface area contributed by atoms with E-state index in [1.807, 2.05) is 66.9 Å². The number of anilines is 1. The van der Waals surface area contributed by atoms with Crippen LogP contribution < -0.4 is 10.7 Å². The zero-order valence-corrected chi connectivity index (χ0v) is 13.6. The number of para-hydroxylation sites is 1. The van der Waals surface area contributed by atoms with Crippen LogP contribution in [0.4, 0.5) is 11.5 Å². The number of nitrogens with zero attached hydrogens (tertiary/aromatic N) is 1. The normalized spacial score (nSPS) is 10.2. The van der Waals surface area contributed by atoms with Crippen molar-refractivity contribution in [2.24, 2.45) is 0 Å². The van der Waals surface area contributed by atoms with Crippen molar-refractivity contribution in [1.29, 1.82) is 5.41 Å². The van der Waals surface area contributed by atoms with E-state index in [1.54, 1.807) is 0 Å². The van der Waals surface area contributed by atoms with Crippen molar-refractivity contribution in [3.8, 4) is 11.1 Å². The maximum atomic E-state index is 8.03. The largest absolute Gasteiger partial charge is 0.324 e. The van der Waals surface area contributed by atoms with Crippen LogP contribution in [0.15, 0.2) is 66.9 Å². The molecule has 0 amide bonds. The topological polar surface area (TPSA) is 66.7 Å². The molecule has 0 aliphatic heterocycles. The van der Waals surface area contributed by atoms with Crippen molar-refractivity contribution in [2.45, 2.75) is 0 Å². The van der Waals surface area contributed by atoms with Crippen LogP contribution in [0.2, 0.25) is 5.02 Å². The highest BCUT2D eigenvalue weighted by molar-refractivity contribution is 6.30. The molecule has 0 aliphatic rings. The average Bonchev–Trinajstić information content (AvgIpc) is 3.06. The van der Waals surface area contributed by atoms with Gasteiger partial charge in [0, 0.05) is 10.7 Å². The third kappa shape index (κ3) is 3.64. The number of halogens is 1. The van der Waals surface area contributed by atoms with Gasteiger partial charge in [0.1, 0.15) is 0 Å². The fraction of sp³-hybridized carbons (Fsp3) is 0. The van der Waals surface area contributed by atoms with E-state index in [1.165, 1.54) is 4.68 Å². The lowest BCUT2D eigenvalue weighted by atomic mass is 10.1. The van der Waals surface area contributed by atoms with Gasteiger partial charge in [0.2, 0.25) is 5.96 Å². The van der Waals surface area contributed by atoms with E-state index in [9.17, 15) is 0 Å². The van der Waals surface area contributed by atoms with Crippen molar-refractivity contribution in [1.82, 2.24) is 10.4 Å². The molecular weight excluding hydrogens is 322 g/mol. The summed E-state index contributed by atoms with van der Waals surface area (Å²) in [4.78, 5) is 3.13. The molecule has 120 valence electrons. The first-order valence-corrected chi connectivity index (χ1v) is 7.72. The Morgan fingerprint density at radius 2 is 1.75 bits per heavy atom. The molecule has 1 heterocycles. The molecule has 3 rings (SSSR count). The molecule has 24 heavy (non-hydrogen) atoms. The van der Waals surface area contributed by atoms with E-state index in [4.69, 9.17) is 17.0 Å². The van der Waals surface area contributed by atoms with Crippen LogP contribution in [0.3, 0.4) is 0 Å². The second kappa shape index (κ2) is 7.02. The average molecular weight is 339 g/mol. The van der Waals surface area contributed by atoms with Crippen molar-refractivity contribution in [3.63, 3.8) is 0 Å². The minimum absolute atomic E-state index is 0.118. The van der Waals surface area contributed by atoms with E-state index in [-0.39, 0.29) is 5.96 Å². The number of aromatic amines is 1. The number of hydrogen-bond acceptors (Lipinski definition) is 1. The molecule has 0 unspecified atom stereocenters. The summed E-state index contributed by atoms with van der Waals surface area (Å²) >= 11 is 5.94. The van der Waals surface area contributed by atoms with Crippen LogP contribution in [-0.4, -0.2) is 22.3 Å². The molecule has 0 saturated heterocycles. The summed E-state index contributed by atoms with van der Waals surface area (Å²) in [6.07, 6.45) is 1.83. The van der Waals surface area contributed by atoms with E-state index < -0.39 is 0 Å². The molecule has 5 nitrogen and oxygen atoms in total. The highest BCUT2D eigenvalue weighted by Crippen LogP contribution is 2.28. The number of hydrazine groups is 1. The maximum absolute atomic E-state index is 8.03. The predicted molar refractivity (Wildman–Crippen MR) is 99.2 cm³/mol. The first kappa shape index (κ1) is 15.8. The van der Waals surface area contributed by atoms with Gasteiger partial charge in [-0.25, -0.2) is 4.98 Å². The van der Waals surface area contributed by atoms with Crippen LogP contribution in [0.5, 0.6) is 0 Å². The molecule has 2 aromatic carbocycles. The fourth-order valence-electron chi connectivity index (χ4n) is 2.33. The Bertz CT molecular complexity index is 853. The minimum Gasteiger partial charge on any atom is -0.324 e. The third-order valence-electron chi connectivity index (χ3n) is 3.44. The molecule has 1 aromatic heterocycles.